The number of rotatable bonds is 1. The lowest BCUT2D eigenvalue weighted by Gasteiger charge is -1.93. The van der Waals surface area contributed by atoms with E-state index >= 15 is 0 Å². The van der Waals surface area contributed by atoms with Gasteiger partial charge in [-0.05, 0) is 21.5 Å². The molecular formula is C8H14NP. The molecule has 1 rings (SSSR count). The highest BCUT2D eigenvalue weighted by Gasteiger charge is 1.78. The van der Waals surface area contributed by atoms with Crippen molar-refractivity contribution in [2.24, 2.45) is 0 Å². The Hall–Kier alpha value is -0.550. The summed E-state index contributed by atoms with van der Waals surface area (Å²) in [6.07, 6.45) is 0. The van der Waals surface area contributed by atoms with Gasteiger partial charge in [0.2, 0.25) is 0 Å². The molecule has 0 radical (unpaired) electrons. The normalized spacial score (nSPS) is 7.50. The molecule has 1 aromatic carbocycles. The second-order valence-electron chi connectivity index (χ2n) is 1.51. The number of nitrogens with one attached hydrogen (secondary N) is 1. The summed E-state index contributed by atoms with van der Waals surface area (Å²) < 4.78 is 0. The summed E-state index contributed by atoms with van der Waals surface area (Å²) in [4.78, 5) is 0. The maximum absolute atomic E-state index is 2.94. The van der Waals surface area contributed by atoms with Crippen LogP contribution >= 0.6 is 9.39 Å². The van der Waals surface area contributed by atoms with E-state index in [0.29, 0.717) is 0 Å². The Morgan fingerprint density at radius 3 is 1.90 bits per heavy atom. The van der Waals surface area contributed by atoms with Gasteiger partial charge in [0, 0.05) is 5.69 Å². The fourth-order valence-electron chi connectivity index (χ4n) is 0.534. The first-order chi connectivity index (χ1) is 4.93. The van der Waals surface area contributed by atoms with Gasteiger partial charge in [-0.15, -0.1) is 0 Å². The van der Waals surface area contributed by atoms with Crippen LogP contribution in [-0.2, 0) is 0 Å². The lowest BCUT2D eigenvalue weighted by atomic mass is 10.3. The Balaban J connectivity index is 0.000000371. The zero-order chi connectivity index (χ0) is 7.82. The Kier molecular flexibility index (Phi) is 6.21. The smallest absolute Gasteiger partial charge is 0.0368 e. The third-order valence-corrected chi connectivity index (χ3v) is 1.27. The molecule has 10 heavy (non-hydrogen) atoms. The molecule has 0 spiro atoms. The van der Waals surface area contributed by atoms with Gasteiger partial charge >= 0.3 is 0 Å². The Bertz CT molecular complexity index is 151. The average Bonchev–Trinajstić information content (AvgIpc) is 2.10. The van der Waals surface area contributed by atoms with E-state index in [-0.39, 0.29) is 0 Å². The van der Waals surface area contributed by atoms with Crippen LogP contribution in [0.2, 0.25) is 0 Å². The molecule has 1 atom stereocenters. The maximum atomic E-state index is 2.94. The molecule has 0 aliphatic rings. The second-order valence-corrected chi connectivity index (χ2v) is 1.80. The van der Waals surface area contributed by atoms with E-state index in [2.05, 4.69) is 14.5 Å². The molecular weight excluding hydrogens is 141 g/mol. The van der Waals surface area contributed by atoms with Crippen LogP contribution in [0.1, 0.15) is 13.8 Å². The van der Waals surface area contributed by atoms with Gasteiger partial charge in [-0.3, -0.25) is 0 Å². The molecule has 0 saturated carbocycles. The SMILES string of the molecule is CC.PNc1ccccc1. The third kappa shape index (κ3) is 3.47. The highest BCUT2D eigenvalue weighted by atomic mass is 31.0. The lowest BCUT2D eigenvalue weighted by molar-refractivity contribution is 1.50. The molecule has 0 bridgehead atoms. The number of benzene rings is 1. The van der Waals surface area contributed by atoms with Gasteiger partial charge in [0.15, 0.2) is 0 Å². The van der Waals surface area contributed by atoms with E-state index in [9.17, 15) is 0 Å². The van der Waals surface area contributed by atoms with Gasteiger partial charge in [0.25, 0.3) is 0 Å². The molecule has 0 fully saturated rings. The number of para-hydroxylation sites is 1. The molecule has 1 nitrogen and oxygen atoms in total. The van der Waals surface area contributed by atoms with E-state index < -0.39 is 0 Å². The minimum atomic E-state index is 1.12. The summed E-state index contributed by atoms with van der Waals surface area (Å²) in [6.45, 7) is 4.00. The fraction of sp³-hybridized carbons (Fsp3) is 0.250. The quantitative estimate of drug-likeness (QED) is 0.615. The predicted octanol–water partition coefficient (Wildman–Crippen LogP) is 2.91. The van der Waals surface area contributed by atoms with Crippen molar-refractivity contribution in [1.29, 1.82) is 0 Å². The molecule has 1 unspecified atom stereocenters. The highest BCUT2D eigenvalue weighted by molar-refractivity contribution is 7.18. The highest BCUT2D eigenvalue weighted by Crippen LogP contribution is 2.05. The predicted molar refractivity (Wildman–Crippen MR) is 51.1 cm³/mol. The van der Waals surface area contributed by atoms with Crippen molar-refractivity contribution in [3.63, 3.8) is 0 Å². The summed E-state index contributed by atoms with van der Waals surface area (Å²) >= 11 is 0. The molecule has 0 saturated heterocycles. The van der Waals surface area contributed by atoms with Gasteiger partial charge in [0.1, 0.15) is 0 Å². The monoisotopic (exact) mass is 155 g/mol. The number of hydrogen-bond donors (Lipinski definition) is 1. The Morgan fingerprint density at radius 1 is 1.10 bits per heavy atom. The zero-order valence-electron chi connectivity index (χ0n) is 6.46. The molecule has 1 aromatic rings. The molecule has 56 valence electrons. The van der Waals surface area contributed by atoms with Crippen molar-refractivity contribution < 1.29 is 0 Å². The van der Waals surface area contributed by atoms with Crippen molar-refractivity contribution in [2.45, 2.75) is 13.8 Å². The topological polar surface area (TPSA) is 12.0 Å². The minimum Gasteiger partial charge on any atom is -0.369 e. The molecule has 0 amide bonds. The van der Waals surface area contributed by atoms with Crippen LogP contribution in [0.3, 0.4) is 0 Å². The molecule has 0 heterocycles. The largest absolute Gasteiger partial charge is 0.369 e. The van der Waals surface area contributed by atoms with Gasteiger partial charge in [0.05, 0.1) is 0 Å². The van der Waals surface area contributed by atoms with Crippen LogP contribution in [0.4, 0.5) is 5.69 Å². The first-order valence-corrected chi connectivity index (χ1v) is 4.03. The van der Waals surface area contributed by atoms with Crippen molar-refractivity contribution in [1.82, 2.24) is 0 Å². The second kappa shape index (κ2) is 6.57. The number of anilines is 1. The standard InChI is InChI=1S/C6H8NP.C2H6/c8-7-6-4-2-1-3-5-6;1-2/h1-5,7H,8H2;1-2H3. The van der Waals surface area contributed by atoms with E-state index in [4.69, 9.17) is 0 Å². The molecule has 0 aliphatic carbocycles. The minimum absolute atomic E-state index is 1.12. The molecule has 2 heteroatoms. The van der Waals surface area contributed by atoms with E-state index in [1.165, 1.54) is 0 Å². The van der Waals surface area contributed by atoms with E-state index in [0.717, 1.165) is 5.69 Å². The van der Waals surface area contributed by atoms with E-state index in [1.54, 1.807) is 0 Å². The van der Waals surface area contributed by atoms with Crippen molar-refractivity contribution in [2.75, 3.05) is 5.09 Å². The van der Waals surface area contributed by atoms with Gasteiger partial charge in [-0.2, -0.15) is 0 Å². The zero-order valence-corrected chi connectivity index (χ0v) is 7.62. The fourth-order valence-corrected chi connectivity index (χ4v) is 0.727. The first kappa shape index (κ1) is 9.45. The molecule has 1 N–H and O–H groups in total. The maximum Gasteiger partial charge on any atom is 0.0368 e. The average molecular weight is 155 g/mol. The third-order valence-electron chi connectivity index (χ3n) is 0.940. The van der Waals surface area contributed by atoms with Crippen molar-refractivity contribution in [3.05, 3.63) is 30.3 Å². The lowest BCUT2D eigenvalue weighted by Crippen LogP contribution is -1.74. The van der Waals surface area contributed by atoms with Gasteiger partial charge in [-0.25, -0.2) is 0 Å². The Labute approximate surface area is 65.1 Å². The van der Waals surface area contributed by atoms with Crippen molar-refractivity contribution in [3.8, 4) is 0 Å². The summed E-state index contributed by atoms with van der Waals surface area (Å²) in [6, 6.07) is 9.99. The molecule has 0 aromatic heterocycles. The van der Waals surface area contributed by atoms with E-state index in [1.807, 2.05) is 44.2 Å². The van der Waals surface area contributed by atoms with Gasteiger partial charge in [-0.1, -0.05) is 32.0 Å². The van der Waals surface area contributed by atoms with Crippen LogP contribution < -0.4 is 5.09 Å². The summed E-state index contributed by atoms with van der Waals surface area (Å²) in [7, 11) is 2.44. The number of hydrogen-bond acceptors (Lipinski definition) is 1. The Morgan fingerprint density at radius 2 is 1.60 bits per heavy atom. The van der Waals surface area contributed by atoms with Crippen molar-refractivity contribution >= 4 is 15.1 Å². The summed E-state index contributed by atoms with van der Waals surface area (Å²) in [5.41, 5.74) is 1.12. The molecule has 0 aliphatic heterocycles. The van der Waals surface area contributed by atoms with Gasteiger partial charge < -0.3 is 5.09 Å². The summed E-state index contributed by atoms with van der Waals surface area (Å²) in [5.74, 6) is 0. The van der Waals surface area contributed by atoms with Crippen LogP contribution in [0, 0.1) is 0 Å². The van der Waals surface area contributed by atoms with Crippen LogP contribution in [-0.4, -0.2) is 0 Å². The van der Waals surface area contributed by atoms with Crippen LogP contribution in [0.25, 0.3) is 0 Å². The summed E-state index contributed by atoms with van der Waals surface area (Å²) in [5, 5.41) is 2.94. The van der Waals surface area contributed by atoms with Crippen LogP contribution in [0.5, 0.6) is 0 Å². The van der Waals surface area contributed by atoms with Crippen LogP contribution in [0.15, 0.2) is 30.3 Å². The first-order valence-electron chi connectivity index (χ1n) is 3.45.